The molecular weight excluding hydrogens is 256 g/mol. The summed E-state index contributed by atoms with van der Waals surface area (Å²) in [5.74, 6) is 0. The van der Waals surface area contributed by atoms with Gasteiger partial charge in [0.15, 0.2) is 12.7 Å². The predicted octanol–water partition coefficient (Wildman–Crippen LogP) is 3.83. The number of rotatable bonds is 0. The highest BCUT2D eigenvalue weighted by molar-refractivity contribution is 5.98. The molecule has 2 aromatic heterocycles. The molecule has 2 heteroatoms. The van der Waals surface area contributed by atoms with Crippen LogP contribution in [0.5, 0.6) is 0 Å². The van der Waals surface area contributed by atoms with E-state index in [2.05, 4.69) is 70.3 Å². The molecule has 1 N–H and O–H groups in total. The molecule has 0 radical (unpaired) electrons. The number of aromatic amines is 1. The second-order valence-corrected chi connectivity index (χ2v) is 5.72. The van der Waals surface area contributed by atoms with E-state index in [1.165, 1.54) is 38.6 Å². The Morgan fingerprint density at radius 3 is 2.62 bits per heavy atom. The van der Waals surface area contributed by atoms with E-state index in [1.807, 2.05) is 0 Å². The van der Waals surface area contributed by atoms with Crippen molar-refractivity contribution in [2.45, 2.75) is 13.0 Å². The van der Waals surface area contributed by atoms with E-state index in [4.69, 9.17) is 0 Å². The highest BCUT2D eigenvalue weighted by Gasteiger charge is 2.28. The molecule has 0 aliphatic carbocycles. The lowest BCUT2D eigenvalue weighted by Gasteiger charge is -2.13. The minimum atomic E-state index is 1.05. The van der Waals surface area contributed by atoms with Gasteiger partial charge in [-0.2, -0.15) is 4.57 Å². The molecule has 0 saturated carbocycles. The van der Waals surface area contributed by atoms with Crippen LogP contribution in [0.15, 0.2) is 60.8 Å². The summed E-state index contributed by atoms with van der Waals surface area (Å²) in [6.45, 7) is 1.05. The van der Waals surface area contributed by atoms with Gasteiger partial charge in [-0.15, -0.1) is 0 Å². The normalized spacial score (nSPS) is 13.3. The lowest BCUT2D eigenvalue weighted by Crippen LogP contribution is -2.40. The Kier molecular flexibility index (Phi) is 2.09. The second-order valence-electron chi connectivity index (χ2n) is 5.72. The van der Waals surface area contributed by atoms with Crippen LogP contribution in [0.2, 0.25) is 0 Å². The average molecular weight is 271 g/mol. The fourth-order valence-corrected chi connectivity index (χ4v) is 3.62. The zero-order chi connectivity index (χ0) is 13.8. The third-order valence-corrected chi connectivity index (χ3v) is 4.59. The number of benzene rings is 2. The molecule has 5 rings (SSSR count). The molecular formula is C19H15N2+. The number of para-hydroxylation sites is 1. The Morgan fingerprint density at radius 2 is 1.67 bits per heavy atom. The molecule has 0 atom stereocenters. The van der Waals surface area contributed by atoms with Gasteiger partial charge >= 0.3 is 0 Å². The van der Waals surface area contributed by atoms with Crippen molar-refractivity contribution in [3.8, 4) is 11.4 Å². The second kappa shape index (κ2) is 3.95. The molecule has 0 unspecified atom stereocenters. The maximum Gasteiger partial charge on any atom is 0.237 e. The largest absolute Gasteiger partial charge is 0.349 e. The number of hydrogen-bond donors (Lipinski definition) is 1. The molecule has 1 aliphatic heterocycles. The molecule has 2 aromatic carbocycles. The van der Waals surface area contributed by atoms with E-state index >= 15 is 0 Å². The number of fused-ring (bicyclic) bond motifs is 7. The van der Waals surface area contributed by atoms with Gasteiger partial charge in [-0.05, 0) is 23.1 Å². The number of hydrogen-bond acceptors (Lipinski definition) is 0. The van der Waals surface area contributed by atoms with Crippen molar-refractivity contribution < 1.29 is 4.57 Å². The molecule has 0 amide bonds. The Labute approximate surface area is 122 Å². The molecule has 0 bridgehead atoms. The molecule has 0 spiro atoms. The summed E-state index contributed by atoms with van der Waals surface area (Å²) in [4.78, 5) is 3.64. The Morgan fingerprint density at radius 1 is 0.857 bits per heavy atom. The van der Waals surface area contributed by atoms with Gasteiger partial charge in [-0.3, -0.25) is 0 Å². The zero-order valence-electron chi connectivity index (χ0n) is 11.6. The number of nitrogens with zero attached hydrogens (tertiary/aromatic N) is 1. The van der Waals surface area contributed by atoms with Gasteiger partial charge in [0.25, 0.3) is 0 Å². The van der Waals surface area contributed by atoms with Crippen molar-refractivity contribution in [2.75, 3.05) is 0 Å². The van der Waals surface area contributed by atoms with E-state index in [-0.39, 0.29) is 0 Å². The summed E-state index contributed by atoms with van der Waals surface area (Å²) >= 11 is 0. The summed E-state index contributed by atoms with van der Waals surface area (Å²) < 4.78 is 2.38. The fourth-order valence-electron chi connectivity index (χ4n) is 3.62. The number of H-pyrrole nitrogens is 1. The lowest BCUT2D eigenvalue weighted by atomic mass is 9.98. The minimum Gasteiger partial charge on any atom is -0.349 e. The Hall–Kier alpha value is -2.61. The first kappa shape index (κ1) is 11.1. The summed E-state index contributed by atoms with van der Waals surface area (Å²) in [7, 11) is 0. The molecule has 1 aliphatic rings. The van der Waals surface area contributed by atoms with Crippen molar-refractivity contribution in [1.29, 1.82) is 0 Å². The van der Waals surface area contributed by atoms with E-state index < -0.39 is 0 Å². The number of aromatic nitrogens is 2. The molecule has 2 nitrogen and oxygen atoms in total. The van der Waals surface area contributed by atoms with Crippen molar-refractivity contribution in [3.05, 3.63) is 66.4 Å². The van der Waals surface area contributed by atoms with Crippen molar-refractivity contribution in [2.24, 2.45) is 0 Å². The van der Waals surface area contributed by atoms with Crippen LogP contribution in [-0.2, 0) is 13.0 Å². The summed E-state index contributed by atoms with van der Waals surface area (Å²) in [6, 6.07) is 19.5. The average Bonchev–Trinajstić information content (AvgIpc) is 2.93. The van der Waals surface area contributed by atoms with E-state index in [9.17, 15) is 0 Å². The highest BCUT2D eigenvalue weighted by Crippen LogP contribution is 2.34. The number of aryl methyl sites for hydroxylation is 2. The highest BCUT2D eigenvalue weighted by atomic mass is 15.0. The van der Waals surface area contributed by atoms with Crippen LogP contribution in [0.1, 0.15) is 5.56 Å². The van der Waals surface area contributed by atoms with Crippen LogP contribution in [0.4, 0.5) is 0 Å². The van der Waals surface area contributed by atoms with E-state index in [1.54, 1.807) is 0 Å². The summed E-state index contributed by atoms with van der Waals surface area (Å²) in [5.41, 5.74) is 5.32. The van der Waals surface area contributed by atoms with Gasteiger partial charge in [0.05, 0.1) is 5.39 Å². The van der Waals surface area contributed by atoms with Gasteiger partial charge in [0.2, 0.25) is 5.69 Å². The molecule has 0 fully saturated rings. The first-order chi connectivity index (χ1) is 10.4. The molecule has 100 valence electrons. The Bertz CT molecular complexity index is 995. The van der Waals surface area contributed by atoms with Gasteiger partial charge in [0, 0.05) is 23.4 Å². The fraction of sp³-hybridized carbons (Fsp3) is 0.105. The van der Waals surface area contributed by atoms with E-state index in [0.717, 1.165) is 13.0 Å². The minimum absolute atomic E-state index is 1.05. The maximum atomic E-state index is 3.64. The third kappa shape index (κ3) is 1.44. The monoisotopic (exact) mass is 271 g/mol. The molecule has 21 heavy (non-hydrogen) atoms. The van der Waals surface area contributed by atoms with Crippen molar-refractivity contribution in [3.63, 3.8) is 0 Å². The van der Waals surface area contributed by atoms with Crippen LogP contribution in [0.3, 0.4) is 0 Å². The molecule has 0 saturated heterocycles. The number of nitrogens with one attached hydrogen (secondary N) is 1. The third-order valence-electron chi connectivity index (χ3n) is 4.59. The zero-order valence-corrected chi connectivity index (χ0v) is 11.6. The smallest absolute Gasteiger partial charge is 0.237 e. The molecule has 3 heterocycles. The molecule has 4 aromatic rings. The predicted molar refractivity (Wildman–Crippen MR) is 85.1 cm³/mol. The maximum absolute atomic E-state index is 3.64. The van der Waals surface area contributed by atoms with Crippen molar-refractivity contribution in [1.82, 2.24) is 4.98 Å². The quantitative estimate of drug-likeness (QED) is 0.469. The topological polar surface area (TPSA) is 19.7 Å². The van der Waals surface area contributed by atoms with Gasteiger partial charge < -0.3 is 4.98 Å². The Balaban J connectivity index is 1.95. The van der Waals surface area contributed by atoms with Gasteiger partial charge in [0.1, 0.15) is 5.69 Å². The first-order valence-corrected chi connectivity index (χ1v) is 7.43. The van der Waals surface area contributed by atoms with Crippen LogP contribution in [0.25, 0.3) is 33.1 Å². The van der Waals surface area contributed by atoms with Gasteiger partial charge in [-0.25, -0.2) is 0 Å². The van der Waals surface area contributed by atoms with E-state index in [0.29, 0.717) is 0 Å². The summed E-state index contributed by atoms with van der Waals surface area (Å²) in [6.07, 6.45) is 3.31. The van der Waals surface area contributed by atoms with Crippen molar-refractivity contribution >= 4 is 21.7 Å². The van der Waals surface area contributed by atoms with Crippen LogP contribution in [-0.4, -0.2) is 4.98 Å². The van der Waals surface area contributed by atoms with Crippen LogP contribution in [0, 0.1) is 0 Å². The summed E-state index contributed by atoms with van der Waals surface area (Å²) in [5, 5.41) is 3.99. The number of pyridine rings is 1. The van der Waals surface area contributed by atoms with Crippen LogP contribution < -0.4 is 4.57 Å². The first-order valence-electron chi connectivity index (χ1n) is 7.43. The SMILES string of the molecule is c1ccc2c3[n+](ccc2c1)CCc1c-3[nH]c2ccccc12. The van der Waals surface area contributed by atoms with Crippen LogP contribution >= 0.6 is 0 Å². The lowest BCUT2D eigenvalue weighted by molar-refractivity contribution is -0.686. The van der Waals surface area contributed by atoms with Gasteiger partial charge in [-0.1, -0.05) is 36.4 Å². The standard InChI is InChI=1S/C19H14N2/c1-2-6-14-13(5-1)9-11-21-12-10-16-15-7-3-4-8-17(15)20-18(16)19(14)21/h1-9,11H,10,12H2/p+1.